The molecule has 0 bridgehead atoms. The molecule has 96 valence electrons. The molecule has 0 heterocycles. The molecule has 1 aliphatic rings. The van der Waals surface area contributed by atoms with Gasteiger partial charge in [-0.1, -0.05) is 12.8 Å². The van der Waals surface area contributed by atoms with Crippen molar-refractivity contribution in [3.8, 4) is 11.5 Å². The summed E-state index contributed by atoms with van der Waals surface area (Å²) in [5, 5.41) is 10.1. The molecule has 1 N–H and O–H groups in total. The standard InChI is InChI=1S/C14H17NO3/c1-10-7-11(12(17)8-13(10)18-2)14(15-9-16)5-3-4-6-14/h7-8,17H,3-6H2,1-2H3. The number of carbonyl (C=O) groups excluding carboxylic acids is 1. The quantitative estimate of drug-likeness (QED) is 0.660. The van der Waals surface area contributed by atoms with E-state index in [4.69, 9.17) is 4.74 Å². The summed E-state index contributed by atoms with van der Waals surface area (Å²) in [6.07, 6.45) is 5.23. The highest BCUT2D eigenvalue weighted by Crippen LogP contribution is 2.46. The van der Waals surface area contributed by atoms with Gasteiger partial charge in [-0.25, -0.2) is 4.79 Å². The van der Waals surface area contributed by atoms with Crippen molar-refractivity contribution in [2.75, 3.05) is 7.11 Å². The first-order valence-electron chi connectivity index (χ1n) is 6.10. The Hall–Kier alpha value is -1.80. The second-order valence-electron chi connectivity index (χ2n) is 4.78. The van der Waals surface area contributed by atoms with E-state index in [1.165, 1.54) is 0 Å². The zero-order valence-electron chi connectivity index (χ0n) is 10.7. The Labute approximate surface area is 106 Å². The normalized spacial score (nSPS) is 17.2. The number of phenolic OH excluding ortho intramolecular Hbond substituents is 1. The Morgan fingerprint density at radius 2 is 2.06 bits per heavy atom. The van der Waals surface area contributed by atoms with Gasteiger partial charge in [-0.3, -0.25) is 0 Å². The number of isocyanates is 1. The average molecular weight is 247 g/mol. The van der Waals surface area contributed by atoms with E-state index in [9.17, 15) is 9.90 Å². The minimum atomic E-state index is -0.594. The first-order chi connectivity index (χ1) is 8.63. The maximum Gasteiger partial charge on any atom is 0.235 e. The van der Waals surface area contributed by atoms with Crippen LogP contribution in [0.25, 0.3) is 0 Å². The third-order valence-electron chi connectivity index (χ3n) is 3.70. The summed E-state index contributed by atoms with van der Waals surface area (Å²) in [6.45, 7) is 1.91. The number of aryl methyl sites for hydroxylation is 1. The SMILES string of the molecule is COc1cc(O)c(C2(N=C=O)CCCC2)cc1C. The van der Waals surface area contributed by atoms with Crippen molar-refractivity contribution in [2.24, 2.45) is 4.99 Å². The molecule has 0 amide bonds. The lowest BCUT2D eigenvalue weighted by atomic mass is 9.87. The van der Waals surface area contributed by atoms with Gasteiger partial charge in [0.15, 0.2) is 0 Å². The van der Waals surface area contributed by atoms with Gasteiger partial charge in [0.2, 0.25) is 6.08 Å². The second kappa shape index (κ2) is 4.83. The average Bonchev–Trinajstić information content (AvgIpc) is 2.81. The van der Waals surface area contributed by atoms with Gasteiger partial charge >= 0.3 is 0 Å². The highest BCUT2D eigenvalue weighted by Gasteiger charge is 2.38. The van der Waals surface area contributed by atoms with E-state index in [1.807, 2.05) is 13.0 Å². The molecule has 2 rings (SSSR count). The zero-order chi connectivity index (χ0) is 13.2. The minimum Gasteiger partial charge on any atom is -0.507 e. The Bertz CT molecular complexity index is 498. The van der Waals surface area contributed by atoms with Crippen LogP contribution in [-0.4, -0.2) is 18.3 Å². The van der Waals surface area contributed by atoms with Crippen LogP contribution in [-0.2, 0) is 10.3 Å². The van der Waals surface area contributed by atoms with E-state index >= 15 is 0 Å². The highest BCUT2D eigenvalue weighted by atomic mass is 16.5. The van der Waals surface area contributed by atoms with Gasteiger partial charge in [-0.05, 0) is 31.4 Å². The van der Waals surface area contributed by atoms with Crippen LogP contribution in [0.3, 0.4) is 0 Å². The topological polar surface area (TPSA) is 58.9 Å². The van der Waals surface area contributed by atoms with Crippen molar-refractivity contribution >= 4 is 6.08 Å². The van der Waals surface area contributed by atoms with Gasteiger partial charge in [0.05, 0.1) is 7.11 Å². The van der Waals surface area contributed by atoms with Crippen LogP contribution in [0.2, 0.25) is 0 Å². The maximum absolute atomic E-state index is 10.7. The largest absolute Gasteiger partial charge is 0.507 e. The summed E-state index contributed by atoms with van der Waals surface area (Å²) in [7, 11) is 1.57. The number of aromatic hydroxyl groups is 1. The molecule has 18 heavy (non-hydrogen) atoms. The molecule has 0 spiro atoms. The number of ether oxygens (including phenoxy) is 1. The van der Waals surface area contributed by atoms with Gasteiger partial charge in [-0.15, -0.1) is 0 Å². The van der Waals surface area contributed by atoms with Crippen molar-refractivity contribution in [3.05, 3.63) is 23.3 Å². The molecule has 0 saturated heterocycles. The lowest BCUT2D eigenvalue weighted by molar-refractivity contribution is 0.388. The lowest BCUT2D eigenvalue weighted by Crippen LogP contribution is -2.19. The van der Waals surface area contributed by atoms with Gasteiger partial charge in [0, 0.05) is 11.6 Å². The van der Waals surface area contributed by atoms with Crippen LogP contribution in [0.4, 0.5) is 0 Å². The van der Waals surface area contributed by atoms with Crippen molar-refractivity contribution in [1.82, 2.24) is 0 Å². The summed E-state index contributed by atoms with van der Waals surface area (Å²) in [5.41, 5.74) is 1.04. The van der Waals surface area contributed by atoms with Crippen molar-refractivity contribution in [2.45, 2.75) is 38.1 Å². The summed E-state index contributed by atoms with van der Waals surface area (Å²) < 4.78 is 5.17. The Morgan fingerprint density at radius 1 is 1.39 bits per heavy atom. The number of aliphatic imine (C=N–C) groups is 1. The molecule has 1 saturated carbocycles. The van der Waals surface area contributed by atoms with Crippen LogP contribution in [0, 0.1) is 6.92 Å². The third kappa shape index (κ3) is 2.00. The summed E-state index contributed by atoms with van der Waals surface area (Å²) in [5.74, 6) is 0.776. The molecule has 0 aliphatic heterocycles. The molecule has 0 radical (unpaired) electrons. The minimum absolute atomic E-state index is 0.137. The van der Waals surface area contributed by atoms with E-state index in [-0.39, 0.29) is 5.75 Å². The Kier molecular flexibility index (Phi) is 3.39. The molecule has 4 heteroatoms. The first kappa shape index (κ1) is 12.7. The van der Waals surface area contributed by atoms with E-state index in [0.717, 1.165) is 31.2 Å². The summed E-state index contributed by atoms with van der Waals surface area (Å²) in [6, 6.07) is 3.45. The predicted octanol–water partition coefficient (Wildman–Crippen LogP) is 2.81. The number of methoxy groups -OCH3 is 1. The van der Waals surface area contributed by atoms with E-state index in [0.29, 0.717) is 11.3 Å². The molecule has 0 unspecified atom stereocenters. The lowest BCUT2D eigenvalue weighted by Gasteiger charge is -2.24. The predicted molar refractivity (Wildman–Crippen MR) is 67.7 cm³/mol. The van der Waals surface area contributed by atoms with E-state index in [1.54, 1.807) is 19.3 Å². The first-order valence-corrected chi connectivity index (χ1v) is 6.10. The van der Waals surface area contributed by atoms with Gasteiger partial charge in [0.1, 0.15) is 17.0 Å². The summed E-state index contributed by atoms with van der Waals surface area (Å²) in [4.78, 5) is 14.6. The van der Waals surface area contributed by atoms with Crippen molar-refractivity contribution < 1.29 is 14.6 Å². The fourth-order valence-corrected chi connectivity index (χ4v) is 2.76. The fourth-order valence-electron chi connectivity index (χ4n) is 2.76. The van der Waals surface area contributed by atoms with Gasteiger partial charge in [0.25, 0.3) is 0 Å². The van der Waals surface area contributed by atoms with E-state index in [2.05, 4.69) is 4.99 Å². The van der Waals surface area contributed by atoms with Crippen molar-refractivity contribution in [3.63, 3.8) is 0 Å². The molecule has 1 aliphatic carbocycles. The highest BCUT2D eigenvalue weighted by molar-refractivity contribution is 5.50. The van der Waals surface area contributed by atoms with Gasteiger partial charge in [-0.2, -0.15) is 4.99 Å². The number of hydrogen-bond donors (Lipinski definition) is 1. The Morgan fingerprint density at radius 3 is 2.61 bits per heavy atom. The molecule has 4 nitrogen and oxygen atoms in total. The fraction of sp³-hybridized carbons (Fsp3) is 0.500. The van der Waals surface area contributed by atoms with Crippen LogP contribution in [0.15, 0.2) is 17.1 Å². The molecular formula is C14H17NO3. The number of hydrogen-bond acceptors (Lipinski definition) is 4. The zero-order valence-corrected chi connectivity index (χ0v) is 10.7. The van der Waals surface area contributed by atoms with Gasteiger partial charge < -0.3 is 9.84 Å². The van der Waals surface area contributed by atoms with Crippen LogP contribution in [0.1, 0.15) is 36.8 Å². The number of benzene rings is 1. The Balaban J connectivity index is 2.55. The molecule has 1 aromatic carbocycles. The number of phenols is 1. The number of nitrogens with zero attached hydrogens (tertiary/aromatic N) is 1. The molecule has 1 aromatic rings. The van der Waals surface area contributed by atoms with Crippen molar-refractivity contribution in [1.29, 1.82) is 0 Å². The molecule has 0 atom stereocenters. The van der Waals surface area contributed by atoms with Crippen LogP contribution in [0.5, 0.6) is 11.5 Å². The van der Waals surface area contributed by atoms with Crippen LogP contribution >= 0.6 is 0 Å². The van der Waals surface area contributed by atoms with Crippen LogP contribution < -0.4 is 4.74 Å². The third-order valence-corrected chi connectivity index (χ3v) is 3.70. The molecule has 1 fully saturated rings. The summed E-state index contributed by atoms with van der Waals surface area (Å²) >= 11 is 0. The number of rotatable bonds is 3. The smallest absolute Gasteiger partial charge is 0.235 e. The second-order valence-corrected chi connectivity index (χ2v) is 4.78. The maximum atomic E-state index is 10.7. The molecular weight excluding hydrogens is 230 g/mol. The molecule has 0 aromatic heterocycles. The van der Waals surface area contributed by atoms with E-state index < -0.39 is 5.54 Å². The monoisotopic (exact) mass is 247 g/mol.